The number of hydrogen-bond donors (Lipinski definition) is 2. The molecule has 0 amide bonds. The lowest BCUT2D eigenvalue weighted by Gasteiger charge is -2.18. The van der Waals surface area contributed by atoms with Crippen LogP contribution in [0, 0.1) is 6.92 Å². The Morgan fingerprint density at radius 3 is 2.76 bits per heavy atom. The number of pyridine rings is 1. The highest BCUT2D eigenvalue weighted by Gasteiger charge is 2.19. The van der Waals surface area contributed by atoms with E-state index < -0.39 is 11.1 Å². The Hall–Kier alpha value is -2.62. The molecule has 0 saturated heterocycles. The van der Waals surface area contributed by atoms with Crippen LogP contribution in [0.1, 0.15) is 55.6 Å². The molecule has 3 aromatic heterocycles. The summed E-state index contributed by atoms with van der Waals surface area (Å²) >= 11 is -1.94. The van der Waals surface area contributed by atoms with E-state index in [4.69, 9.17) is 9.84 Å². The number of nitrogens with one attached hydrogen (secondary N) is 1. The number of fused-ring (bicyclic) bond motifs is 1. The van der Waals surface area contributed by atoms with E-state index in [0.29, 0.717) is 26.0 Å². The van der Waals surface area contributed by atoms with Gasteiger partial charge in [-0.3, -0.25) is 15.1 Å². The SMILES string of the molecule is CCOC(=O)CCCCc1c(CNCS(=O)O)nn2c(CC)ccc2c1-c1cncc(C)c1. The molecular formula is C24H32N4O4S. The number of aryl methyl sites for hydroxylation is 2. The largest absolute Gasteiger partial charge is 0.466 e. The molecule has 0 aromatic carbocycles. The smallest absolute Gasteiger partial charge is 0.305 e. The fourth-order valence-electron chi connectivity index (χ4n) is 4.01. The molecule has 3 rings (SSSR count). The molecule has 0 aliphatic carbocycles. The van der Waals surface area contributed by atoms with Crippen LogP contribution in [0.5, 0.6) is 0 Å². The lowest BCUT2D eigenvalue weighted by Crippen LogP contribution is -2.21. The van der Waals surface area contributed by atoms with Gasteiger partial charge in [0.05, 0.1) is 23.7 Å². The third-order valence-corrected chi connectivity index (χ3v) is 5.92. The summed E-state index contributed by atoms with van der Waals surface area (Å²) in [7, 11) is 0. The van der Waals surface area contributed by atoms with Crippen molar-refractivity contribution in [3.8, 4) is 11.1 Å². The molecule has 0 aliphatic rings. The van der Waals surface area contributed by atoms with Gasteiger partial charge < -0.3 is 9.29 Å². The molecule has 3 heterocycles. The van der Waals surface area contributed by atoms with E-state index in [9.17, 15) is 13.6 Å². The third kappa shape index (κ3) is 6.46. The summed E-state index contributed by atoms with van der Waals surface area (Å²) in [6, 6.07) is 6.29. The van der Waals surface area contributed by atoms with Gasteiger partial charge >= 0.3 is 5.97 Å². The van der Waals surface area contributed by atoms with Gasteiger partial charge in [0.15, 0.2) is 11.1 Å². The van der Waals surface area contributed by atoms with Crippen molar-refractivity contribution in [2.24, 2.45) is 0 Å². The average molecular weight is 473 g/mol. The molecular weight excluding hydrogens is 440 g/mol. The predicted molar refractivity (Wildman–Crippen MR) is 129 cm³/mol. The Kier molecular flexibility index (Phi) is 9.11. The highest BCUT2D eigenvalue weighted by atomic mass is 32.2. The number of carbonyl (C=O) groups excluding carboxylic acids is 1. The van der Waals surface area contributed by atoms with Gasteiger partial charge in [0, 0.05) is 42.2 Å². The summed E-state index contributed by atoms with van der Waals surface area (Å²) in [5, 5.41) is 7.95. The van der Waals surface area contributed by atoms with E-state index >= 15 is 0 Å². The normalized spacial score (nSPS) is 12.2. The van der Waals surface area contributed by atoms with Crippen LogP contribution in [0.25, 0.3) is 16.6 Å². The van der Waals surface area contributed by atoms with Crippen molar-refractivity contribution in [3.05, 3.63) is 53.1 Å². The fraction of sp³-hybridized carbons (Fsp3) is 0.458. The molecule has 0 spiro atoms. The second-order valence-electron chi connectivity index (χ2n) is 7.93. The minimum Gasteiger partial charge on any atom is -0.466 e. The molecule has 1 unspecified atom stereocenters. The zero-order valence-corrected chi connectivity index (χ0v) is 20.3. The zero-order valence-electron chi connectivity index (χ0n) is 19.5. The Bertz CT molecular complexity index is 1130. The van der Waals surface area contributed by atoms with Crippen molar-refractivity contribution in [3.63, 3.8) is 0 Å². The monoisotopic (exact) mass is 472 g/mol. The molecule has 33 heavy (non-hydrogen) atoms. The molecule has 9 heteroatoms. The highest BCUT2D eigenvalue weighted by molar-refractivity contribution is 7.79. The molecule has 8 nitrogen and oxygen atoms in total. The van der Waals surface area contributed by atoms with Crippen LogP contribution in [0.15, 0.2) is 30.6 Å². The average Bonchev–Trinajstić information content (AvgIpc) is 3.19. The first-order chi connectivity index (χ1) is 15.9. The van der Waals surface area contributed by atoms with Crippen LogP contribution in [0.3, 0.4) is 0 Å². The van der Waals surface area contributed by atoms with E-state index in [2.05, 4.69) is 35.4 Å². The van der Waals surface area contributed by atoms with Gasteiger partial charge in [-0.1, -0.05) is 6.92 Å². The molecule has 178 valence electrons. The van der Waals surface area contributed by atoms with E-state index in [0.717, 1.165) is 58.4 Å². The molecule has 0 radical (unpaired) electrons. The molecule has 0 saturated carbocycles. The van der Waals surface area contributed by atoms with Crippen LogP contribution >= 0.6 is 0 Å². The Morgan fingerprint density at radius 1 is 1.24 bits per heavy atom. The minimum absolute atomic E-state index is 0.0321. The van der Waals surface area contributed by atoms with E-state index in [-0.39, 0.29) is 11.8 Å². The van der Waals surface area contributed by atoms with Gasteiger partial charge in [-0.05, 0) is 68.9 Å². The highest BCUT2D eigenvalue weighted by Crippen LogP contribution is 2.33. The fourth-order valence-corrected chi connectivity index (χ4v) is 4.29. The molecule has 3 aromatic rings. The van der Waals surface area contributed by atoms with Gasteiger partial charge in [-0.2, -0.15) is 5.10 Å². The summed E-state index contributed by atoms with van der Waals surface area (Å²) in [5.41, 5.74) is 7.13. The zero-order chi connectivity index (χ0) is 23.8. The van der Waals surface area contributed by atoms with Crippen LogP contribution < -0.4 is 5.32 Å². The van der Waals surface area contributed by atoms with Crippen molar-refractivity contribution < 1.29 is 18.3 Å². The van der Waals surface area contributed by atoms with Gasteiger partial charge in [0.1, 0.15) is 0 Å². The van der Waals surface area contributed by atoms with Crippen molar-refractivity contribution in [2.75, 3.05) is 12.5 Å². The second kappa shape index (κ2) is 12.0. The molecule has 1 atom stereocenters. The molecule has 0 aliphatic heterocycles. The summed E-state index contributed by atoms with van der Waals surface area (Å²) in [4.78, 5) is 16.2. The second-order valence-corrected chi connectivity index (χ2v) is 8.86. The first-order valence-corrected chi connectivity index (χ1v) is 12.6. The summed E-state index contributed by atoms with van der Waals surface area (Å²) in [6.45, 7) is 6.67. The van der Waals surface area contributed by atoms with E-state index in [1.807, 2.05) is 30.8 Å². The van der Waals surface area contributed by atoms with Crippen molar-refractivity contribution >= 4 is 22.6 Å². The van der Waals surface area contributed by atoms with Crippen molar-refractivity contribution in [2.45, 2.75) is 59.4 Å². The van der Waals surface area contributed by atoms with Gasteiger partial charge in [0.25, 0.3) is 0 Å². The number of ether oxygens (including phenoxy) is 1. The minimum atomic E-state index is -1.94. The molecule has 0 fully saturated rings. The Morgan fingerprint density at radius 2 is 2.06 bits per heavy atom. The summed E-state index contributed by atoms with van der Waals surface area (Å²) < 4.78 is 27.4. The number of nitrogens with zero attached hydrogens (tertiary/aromatic N) is 3. The van der Waals surface area contributed by atoms with Crippen molar-refractivity contribution in [1.82, 2.24) is 19.9 Å². The number of esters is 1. The quantitative estimate of drug-likeness (QED) is 0.235. The third-order valence-electron chi connectivity index (χ3n) is 5.47. The number of hydrogen-bond acceptors (Lipinski definition) is 6. The van der Waals surface area contributed by atoms with Crippen molar-refractivity contribution in [1.29, 1.82) is 0 Å². The van der Waals surface area contributed by atoms with Gasteiger partial charge in [-0.15, -0.1) is 0 Å². The predicted octanol–water partition coefficient (Wildman–Crippen LogP) is 3.81. The van der Waals surface area contributed by atoms with Crippen LogP contribution in [-0.4, -0.2) is 41.8 Å². The first-order valence-electron chi connectivity index (χ1n) is 11.3. The number of rotatable bonds is 12. The summed E-state index contributed by atoms with van der Waals surface area (Å²) in [5.74, 6) is -0.212. The van der Waals surface area contributed by atoms with Gasteiger partial charge in [0.2, 0.25) is 0 Å². The maximum Gasteiger partial charge on any atom is 0.305 e. The van der Waals surface area contributed by atoms with Gasteiger partial charge in [-0.25, -0.2) is 8.72 Å². The topological polar surface area (TPSA) is 106 Å². The van der Waals surface area contributed by atoms with Crippen LogP contribution in [0.4, 0.5) is 0 Å². The molecule has 0 bridgehead atoms. The maximum absolute atomic E-state index is 11.8. The first kappa shape index (κ1) is 25.0. The number of aromatic nitrogens is 3. The van der Waals surface area contributed by atoms with E-state index in [1.165, 1.54) is 0 Å². The summed E-state index contributed by atoms with van der Waals surface area (Å²) in [6.07, 6.45) is 7.14. The Balaban J connectivity index is 2.05. The maximum atomic E-state index is 11.8. The Labute approximate surface area is 197 Å². The number of carbonyl (C=O) groups is 1. The molecule has 2 N–H and O–H groups in total. The lowest BCUT2D eigenvalue weighted by molar-refractivity contribution is -0.143. The van der Waals surface area contributed by atoms with Crippen LogP contribution in [0.2, 0.25) is 0 Å². The van der Waals surface area contributed by atoms with E-state index in [1.54, 1.807) is 0 Å². The van der Waals surface area contributed by atoms with Crippen LogP contribution in [-0.2, 0) is 40.0 Å². The standard InChI is InChI=1S/C24H32N4O4S/c1-4-19-10-11-22-24(18-12-17(3)13-25-14-18)20(8-6-7-9-23(29)32-5-2)21(27-28(19)22)15-26-16-33(30)31/h10-14,26H,4-9,15-16H2,1-3H3,(H,30,31). The number of unbranched alkanes of at least 4 members (excludes halogenated alkanes) is 1. The lowest BCUT2D eigenvalue weighted by atomic mass is 9.94.